The van der Waals surface area contributed by atoms with Gasteiger partial charge < -0.3 is 4.42 Å². The Labute approximate surface area is 210 Å². The Morgan fingerprint density at radius 1 is 1.03 bits per heavy atom. The predicted octanol–water partition coefficient (Wildman–Crippen LogP) is 5.89. The van der Waals surface area contributed by atoms with Crippen molar-refractivity contribution in [2.75, 3.05) is 11.9 Å². The van der Waals surface area contributed by atoms with Gasteiger partial charge in [-0.25, -0.2) is 13.4 Å². The highest BCUT2D eigenvalue weighted by molar-refractivity contribution is 7.89. The third-order valence-corrected chi connectivity index (χ3v) is 9.03. The van der Waals surface area contributed by atoms with Gasteiger partial charge in [0.25, 0.3) is 5.91 Å². The Morgan fingerprint density at radius 2 is 1.74 bits per heavy atom. The zero-order chi connectivity index (χ0) is 25.3. The van der Waals surface area contributed by atoms with Crippen molar-refractivity contribution in [1.82, 2.24) is 9.29 Å². The maximum absolute atomic E-state index is 13.7. The number of carbonyl (C=O) groups is 1. The maximum Gasteiger partial charge on any atom is 0.260 e. The summed E-state index contributed by atoms with van der Waals surface area (Å²) in [6.07, 6.45) is 1.57. The van der Waals surface area contributed by atoms with Crippen molar-refractivity contribution in [3.63, 3.8) is 0 Å². The number of hydrogen-bond acceptors (Lipinski definition) is 6. The van der Waals surface area contributed by atoms with E-state index in [1.54, 1.807) is 36.4 Å². The van der Waals surface area contributed by atoms with Crippen LogP contribution in [0.3, 0.4) is 0 Å². The van der Waals surface area contributed by atoms with E-state index < -0.39 is 10.0 Å². The number of benzene rings is 2. The van der Waals surface area contributed by atoms with E-state index in [0.29, 0.717) is 22.4 Å². The van der Waals surface area contributed by atoms with Crippen molar-refractivity contribution in [2.45, 2.75) is 51.1 Å². The fraction of sp³-hybridized carbons (Fsp3) is 0.308. The fourth-order valence-corrected chi connectivity index (χ4v) is 6.06. The molecular weight excluding hydrogens is 482 g/mol. The topological polar surface area (TPSA) is 83.7 Å². The third kappa shape index (κ3) is 5.03. The molecule has 0 radical (unpaired) electrons. The Kier molecular flexibility index (Phi) is 7.12. The normalized spacial score (nSPS) is 12.2. The van der Waals surface area contributed by atoms with Gasteiger partial charge in [0.05, 0.1) is 27.9 Å². The number of furan rings is 1. The first kappa shape index (κ1) is 25.1. The highest BCUT2D eigenvalue weighted by Crippen LogP contribution is 2.35. The van der Waals surface area contributed by atoms with Gasteiger partial charge in [0.2, 0.25) is 10.0 Å². The van der Waals surface area contributed by atoms with Crippen LogP contribution in [0.1, 0.15) is 55.3 Å². The highest BCUT2D eigenvalue weighted by atomic mass is 32.2. The Morgan fingerprint density at radius 3 is 2.34 bits per heavy atom. The van der Waals surface area contributed by atoms with E-state index in [-0.39, 0.29) is 23.4 Å². The number of amides is 1. The number of hydrogen-bond donors (Lipinski definition) is 0. The van der Waals surface area contributed by atoms with Crippen LogP contribution in [0.25, 0.3) is 10.2 Å². The monoisotopic (exact) mass is 511 g/mol. The third-order valence-electron chi connectivity index (χ3n) is 5.94. The smallest absolute Gasteiger partial charge is 0.260 e. The lowest BCUT2D eigenvalue weighted by Gasteiger charge is -2.21. The number of thiazole rings is 1. The minimum absolute atomic E-state index is 0.143. The molecule has 4 rings (SSSR count). The molecule has 9 heteroatoms. The second-order valence-corrected chi connectivity index (χ2v) is 12.0. The molecule has 0 saturated carbocycles. The van der Waals surface area contributed by atoms with E-state index in [4.69, 9.17) is 9.40 Å². The summed E-state index contributed by atoms with van der Waals surface area (Å²) in [5.74, 6) is 0.633. The summed E-state index contributed by atoms with van der Waals surface area (Å²) in [7, 11) is -2.10. The van der Waals surface area contributed by atoms with E-state index in [9.17, 15) is 13.2 Å². The molecule has 7 nitrogen and oxygen atoms in total. The van der Waals surface area contributed by atoms with Crippen LogP contribution in [0.2, 0.25) is 0 Å². The molecule has 0 saturated heterocycles. The zero-order valence-corrected chi connectivity index (χ0v) is 22.1. The molecule has 4 aromatic rings. The van der Waals surface area contributed by atoms with Gasteiger partial charge in [-0.05, 0) is 67.8 Å². The van der Waals surface area contributed by atoms with E-state index in [0.717, 1.165) is 15.8 Å². The maximum atomic E-state index is 13.7. The molecule has 2 heterocycles. The lowest BCUT2D eigenvalue weighted by Crippen LogP contribution is -2.33. The average Bonchev–Trinajstić information content (AvgIpc) is 3.50. The van der Waals surface area contributed by atoms with E-state index in [2.05, 4.69) is 19.9 Å². The van der Waals surface area contributed by atoms with Crippen LogP contribution >= 0.6 is 11.3 Å². The molecule has 0 aliphatic rings. The van der Waals surface area contributed by atoms with Crippen LogP contribution < -0.4 is 4.90 Å². The van der Waals surface area contributed by atoms with Crippen LogP contribution in [0.5, 0.6) is 0 Å². The molecule has 0 bridgehead atoms. The molecule has 0 unspecified atom stereocenters. The van der Waals surface area contributed by atoms with Crippen molar-refractivity contribution in [2.24, 2.45) is 0 Å². The van der Waals surface area contributed by atoms with E-state index in [1.165, 1.54) is 27.8 Å². The van der Waals surface area contributed by atoms with Gasteiger partial charge in [-0.15, -0.1) is 0 Å². The van der Waals surface area contributed by atoms with Crippen molar-refractivity contribution >= 4 is 42.6 Å². The molecule has 2 aromatic heterocycles. The molecule has 2 aromatic carbocycles. The molecule has 0 fully saturated rings. The first-order valence-corrected chi connectivity index (χ1v) is 13.7. The molecule has 0 N–H and O–H groups in total. The first-order chi connectivity index (χ1) is 16.6. The summed E-state index contributed by atoms with van der Waals surface area (Å²) in [6, 6.07) is 15.5. The highest BCUT2D eigenvalue weighted by Gasteiger charge is 2.26. The Hall–Kier alpha value is -3.01. The Bertz CT molecular complexity index is 1420. The molecule has 0 aliphatic heterocycles. The van der Waals surface area contributed by atoms with Crippen LogP contribution in [0.15, 0.2) is 70.2 Å². The number of rotatable bonds is 8. The summed E-state index contributed by atoms with van der Waals surface area (Å²) in [4.78, 5) is 20.2. The van der Waals surface area contributed by atoms with E-state index >= 15 is 0 Å². The summed E-state index contributed by atoms with van der Waals surface area (Å²) < 4.78 is 33.5. The molecule has 0 spiro atoms. The van der Waals surface area contributed by atoms with Gasteiger partial charge in [0, 0.05) is 18.7 Å². The van der Waals surface area contributed by atoms with Crippen LogP contribution in [-0.4, -0.2) is 36.7 Å². The van der Waals surface area contributed by atoms with Crippen LogP contribution in [0.4, 0.5) is 5.13 Å². The number of anilines is 1. The van der Waals surface area contributed by atoms with Gasteiger partial charge in [-0.3, -0.25) is 9.69 Å². The van der Waals surface area contributed by atoms with Gasteiger partial charge in [0.15, 0.2) is 5.13 Å². The van der Waals surface area contributed by atoms with Crippen molar-refractivity contribution < 1.29 is 17.6 Å². The number of carbonyl (C=O) groups excluding carboxylic acids is 1. The van der Waals surface area contributed by atoms with Gasteiger partial charge in [0.1, 0.15) is 5.76 Å². The number of fused-ring (bicyclic) bond motifs is 1. The molecule has 184 valence electrons. The SMILES string of the molecule is CC(C)c1cccc2sc(N(Cc3ccco3)C(=O)c3ccc(S(=O)(=O)N(C)C(C)C)cc3)nc12. The van der Waals surface area contributed by atoms with Crippen LogP contribution in [0, 0.1) is 0 Å². The number of nitrogens with zero attached hydrogens (tertiary/aromatic N) is 3. The summed E-state index contributed by atoms with van der Waals surface area (Å²) >= 11 is 1.45. The second kappa shape index (κ2) is 9.93. The van der Waals surface area contributed by atoms with Gasteiger partial charge >= 0.3 is 0 Å². The minimum Gasteiger partial charge on any atom is -0.467 e. The van der Waals surface area contributed by atoms with Gasteiger partial charge in [-0.1, -0.05) is 37.3 Å². The largest absolute Gasteiger partial charge is 0.467 e. The zero-order valence-electron chi connectivity index (χ0n) is 20.4. The Balaban J connectivity index is 1.72. The average molecular weight is 512 g/mol. The second-order valence-electron chi connectivity index (χ2n) is 8.96. The first-order valence-electron chi connectivity index (χ1n) is 11.4. The quantitative estimate of drug-likeness (QED) is 0.295. The predicted molar refractivity (Wildman–Crippen MR) is 139 cm³/mol. The number of para-hydroxylation sites is 1. The summed E-state index contributed by atoms with van der Waals surface area (Å²) in [5, 5.41) is 0.561. The fourth-order valence-electron chi connectivity index (χ4n) is 3.69. The standard InChI is InChI=1S/C26H29N3O4S2/c1-17(2)22-9-6-10-23-24(22)27-26(34-23)29(16-20-8-7-15-33-20)25(30)19-11-13-21(14-12-19)35(31,32)28(5)18(3)4/h6-15,17-18H,16H2,1-5H3. The lowest BCUT2D eigenvalue weighted by atomic mass is 10.0. The molecule has 0 aliphatic carbocycles. The summed E-state index contributed by atoms with van der Waals surface area (Å²) in [6.45, 7) is 8.06. The molecule has 0 atom stereocenters. The minimum atomic E-state index is -3.64. The van der Waals surface area contributed by atoms with Crippen molar-refractivity contribution in [3.05, 3.63) is 77.7 Å². The molecular formula is C26H29N3O4S2. The molecule has 35 heavy (non-hydrogen) atoms. The molecule has 1 amide bonds. The van der Waals surface area contributed by atoms with E-state index in [1.807, 2.05) is 32.0 Å². The number of sulfonamides is 1. The number of aromatic nitrogens is 1. The summed E-state index contributed by atoms with van der Waals surface area (Å²) in [5.41, 5.74) is 2.38. The van der Waals surface area contributed by atoms with Crippen LogP contribution in [-0.2, 0) is 16.6 Å². The van der Waals surface area contributed by atoms with Crippen molar-refractivity contribution in [1.29, 1.82) is 0 Å². The van der Waals surface area contributed by atoms with Gasteiger partial charge in [-0.2, -0.15) is 4.31 Å². The lowest BCUT2D eigenvalue weighted by molar-refractivity contribution is 0.0983. The van der Waals surface area contributed by atoms with Crippen molar-refractivity contribution in [3.8, 4) is 0 Å².